The summed E-state index contributed by atoms with van der Waals surface area (Å²) in [6, 6.07) is -1.19. The van der Waals surface area contributed by atoms with E-state index in [1.54, 1.807) is 0 Å². The Kier molecular flexibility index (Phi) is 45.2. The Labute approximate surface area is 423 Å². The molecule has 0 bridgehead atoms. The zero-order chi connectivity index (χ0) is 50.4. The first-order valence-corrected chi connectivity index (χ1v) is 29.2. The summed E-state index contributed by atoms with van der Waals surface area (Å²) in [5, 5.41) is 76.1. The number of nitrogens with one attached hydrogen (secondary N) is 1. The molecule has 0 aromatic carbocycles. The molecule has 9 unspecified atom stereocenters. The van der Waals surface area contributed by atoms with E-state index in [0.29, 0.717) is 19.3 Å². The van der Waals surface area contributed by atoms with E-state index >= 15 is 0 Å². The Morgan fingerprint density at radius 2 is 0.870 bits per heavy atom. The number of amides is 1. The molecule has 0 aromatic rings. The van der Waals surface area contributed by atoms with Gasteiger partial charge in [0.2, 0.25) is 5.91 Å². The van der Waals surface area contributed by atoms with Crippen LogP contribution in [0.2, 0.25) is 0 Å². The maximum absolute atomic E-state index is 13.2. The highest BCUT2D eigenvalue weighted by atomic mass is 16.7. The average molecular weight is 983 g/mol. The third kappa shape index (κ3) is 36.2. The summed E-state index contributed by atoms with van der Waals surface area (Å²) >= 11 is 0. The topological polar surface area (TPSA) is 189 Å². The summed E-state index contributed by atoms with van der Waals surface area (Å²) in [7, 11) is 0. The van der Waals surface area contributed by atoms with Crippen LogP contribution in [0.4, 0.5) is 0 Å². The standard InChI is InChI=1S/C58H111NO10/c1-3-5-7-9-11-13-15-17-19-21-23-24-25-26-27-28-30-32-34-36-38-40-42-44-46-51(62)57(67)59-49(48-68-58-56(66)55(65)54(64)52(47-60)69-58)53(63)50(61)45-43-41-39-37-35-33-31-29-22-20-18-16-14-12-10-8-6-4-2/h29,31,37,39,49-56,58,60-66H,3-28,30,32-36,38,40-48H2,1-2H3,(H,59,67)/b31-29+,39-37+. The number of aliphatic hydroxyl groups excluding tert-OH is 7. The normalized spacial score (nSPS) is 20.5. The van der Waals surface area contributed by atoms with Crippen LogP contribution >= 0.6 is 0 Å². The highest BCUT2D eigenvalue weighted by Gasteiger charge is 2.44. The summed E-state index contributed by atoms with van der Waals surface area (Å²) in [6.07, 6.45) is 45.2. The maximum atomic E-state index is 13.2. The van der Waals surface area contributed by atoms with E-state index in [1.807, 2.05) is 0 Å². The lowest BCUT2D eigenvalue weighted by Gasteiger charge is -2.40. The van der Waals surface area contributed by atoms with Gasteiger partial charge in [0.15, 0.2) is 6.29 Å². The SMILES string of the molecule is CCCCCCCCCCC/C=C/CC/C=C/CCCC(O)C(O)C(COC1OC(CO)C(O)C(O)C1O)NC(=O)C(O)CCCCCCCCCCCCCCCCCCCCCCCCCC. The van der Waals surface area contributed by atoms with Gasteiger partial charge in [-0.1, -0.05) is 244 Å². The molecule has 0 aromatic heterocycles. The predicted molar refractivity (Wildman–Crippen MR) is 284 cm³/mol. The number of hydrogen-bond donors (Lipinski definition) is 8. The number of carbonyl (C=O) groups is 1. The van der Waals surface area contributed by atoms with Gasteiger partial charge in [-0.3, -0.25) is 4.79 Å². The van der Waals surface area contributed by atoms with Crippen molar-refractivity contribution in [2.75, 3.05) is 13.2 Å². The summed E-state index contributed by atoms with van der Waals surface area (Å²) in [5.74, 6) is -0.706. The first-order chi connectivity index (χ1) is 33.7. The lowest BCUT2D eigenvalue weighted by atomic mass is 9.98. The zero-order valence-corrected chi connectivity index (χ0v) is 44.6. The molecule has 11 nitrogen and oxygen atoms in total. The van der Waals surface area contributed by atoms with Gasteiger partial charge in [-0.25, -0.2) is 0 Å². The van der Waals surface area contributed by atoms with Crippen LogP contribution in [0.1, 0.15) is 271 Å². The molecule has 11 heteroatoms. The summed E-state index contributed by atoms with van der Waals surface area (Å²) < 4.78 is 11.1. The minimum atomic E-state index is -1.67. The van der Waals surface area contributed by atoms with E-state index < -0.39 is 74.2 Å². The van der Waals surface area contributed by atoms with Gasteiger partial charge in [-0.2, -0.15) is 0 Å². The van der Waals surface area contributed by atoms with E-state index in [4.69, 9.17) is 9.47 Å². The lowest BCUT2D eigenvalue weighted by molar-refractivity contribution is -0.303. The van der Waals surface area contributed by atoms with Gasteiger partial charge in [0.25, 0.3) is 0 Å². The van der Waals surface area contributed by atoms with Gasteiger partial charge in [-0.05, 0) is 51.4 Å². The first-order valence-electron chi connectivity index (χ1n) is 29.2. The van der Waals surface area contributed by atoms with Crippen LogP contribution in [0, 0.1) is 0 Å². The fourth-order valence-electron chi connectivity index (χ4n) is 9.46. The molecule has 1 rings (SSSR count). The molecule has 0 spiro atoms. The molecule has 1 aliphatic heterocycles. The molecule has 8 N–H and O–H groups in total. The Morgan fingerprint density at radius 3 is 1.29 bits per heavy atom. The van der Waals surface area contributed by atoms with E-state index in [0.717, 1.165) is 38.5 Å². The van der Waals surface area contributed by atoms with Crippen molar-refractivity contribution in [3.05, 3.63) is 24.3 Å². The molecule has 0 radical (unpaired) electrons. The van der Waals surface area contributed by atoms with Crippen LogP contribution in [0.25, 0.3) is 0 Å². The molecule has 0 saturated carbocycles. The second kappa shape index (κ2) is 47.6. The van der Waals surface area contributed by atoms with Crippen molar-refractivity contribution in [3.8, 4) is 0 Å². The quantitative estimate of drug-likeness (QED) is 0.0215. The van der Waals surface area contributed by atoms with Crippen molar-refractivity contribution >= 4 is 5.91 Å². The molecular formula is C58H111NO10. The van der Waals surface area contributed by atoms with Crippen molar-refractivity contribution in [1.29, 1.82) is 0 Å². The second-order valence-corrected chi connectivity index (χ2v) is 20.7. The molecule has 1 heterocycles. The smallest absolute Gasteiger partial charge is 0.249 e. The van der Waals surface area contributed by atoms with Crippen LogP contribution in [0.5, 0.6) is 0 Å². The van der Waals surface area contributed by atoms with Crippen molar-refractivity contribution in [2.24, 2.45) is 0 Å². The van der Waals surface area contributed by atoms with Crippen LogP contribution in [0.3, 0.4) is 0 Å². The average Bonchev–Trinajstić information content (AvgIpc) is 3.35. The van der Waals surface area contributed by atoms with Gasteiger partial charge in [0, 0.05) is 0 Å². The monoisotopic (exact) mass is 982 g/mol. The fourth-order valence-corrected chi connectivity index (χ4v) is 9.46. The zero-order valence-electron chi connectivity index (χ0n) is 44.6. The molecule has 69 heavy (non-hydrogen) atoms. The predicted octanol–water partition coefficient (Wildman–Crippen LogP) is 12.1. The summed E-state index contributed by atoms with van der Waals surface area (Å²) in [4.78, 5) is 13.2. The van der Waals surface area contributed by atoms with E-state index in [-0.39, 0.29) is 12.8 Å². The fraction of sp³-hybridized carbons (Fsp3) is 0.914. The molecule has 9 atom stereocenters. The van der Waals surface area contributed by atoms with Gasteiger partial charge >= 0.3 is 0 Å². The van der Waals surface area contributed by atoms with Crippen molar-refractivity contribution in [3.63, 3.8) is 0 Å². The third-order valence-electron chi connectivity index (χ3n) is 14.2. The summed E-state index contributed by atoms with van der Waals surface area (Å²) in [5.41, 5.74) is 0. The third-order valence-corrected chi connectivity index (χ3v) is 14.2. The Balaban J connectivity index is 2.32. The van der Waals surface area contributed by atoms with Crippen molar-refractivity contribution in [1.82, 2.24) is 5.32 Å². The number of ether oxygens (including phenoxy) is 2. The molecule has 1 saturated heterocycles. The Bertz CT molecular complexity index is 1170. The lowest BCUT2D eigenvalue weighted by Crippen LogP contribution is -2.60. The first kappa shape index (κ1) is 65.6. The molecule has 1 fully saturated rings. The summed E-state index contributed by atoms with van der Waals surface area (Å²) in [6.45, 7) is 3.46. The van der Waals surface area contributed by atoms with Crippen LogP contribution in [-0.4, -0.2) is 110 Å². The van der Waals surface area contributed by atoms with Crippen molar-refractivity contribution in [2.45, 2.75) is 326 Å². The van der Waals surface area contributed by atoms with Crippen LogP contribution in [0.15, 0.2) is 24.3 Å². The molecule has 1 aliphatic rings. The number of rotatable bonds is 50. The number of unbranched alkanes of at least 4 members (excludes halogenated alkanes) is 34. The van der Waals surface area contributed by atoms with Gasteiger partial charge in [0.1, 0.15) is 36.6 Å². The largest absolute Gasteiger partial charge is 0.394 e. The molecule has 0 aliphatic carbocycles. The molecular weight excluding hydrogens is 871 g/mol. The van der Waals surface area contributed by atoms with Gasteiger partial charge < -0.3 is 50.5 Å². The van der Waals surface area contributed by atoms with Gasteiger partial charge in [0.05, 0.1) is 25.4 Å². The maximum Gasteiger partial charge on any atom is 0.249 e. The number of aliphatic hydroxyl groups is 7. The minimum absolute atomic E-state index is 0.249. The van der Waals surface area contributed by atoms with Gasteiger partial charge in [-0.15, -0.1) is 0 Å². The molecule has 408 valence electrons. The highest BCUT2D eigenvalue weighted by Crippen LogP contribution is 2.23. The highest BCUT2D eigenvalue weighted by molar-refractivity contribution is 5.80. The number of allylic oxidation sites excluding steroid dienone is 4. The number of hydrogen-bond acceptors (Lipinski definition) is 10. The van der Waals surface area contributed by atoms with Crippen LogP contribution in [-0.2, 0) is 14.3 Å². The van der Waals surface area contributed by atoms with E-state index in [1.165, 1.54) is 186 Å². The second-order valence-electron chi connectivity index (χ2n) is 20.7. The van der Waals surface area contributed by atoms with Crippen molar-refractivity contribution < 1.29 is 50.0 Å². The Morgan fingerprint density at radius 1 is 0.493 bits per heavy atom. The van der Waals surface area contributed by atoms with E-state index in [2.05, 4.69) is 43.5 Å². The minimum Gasteiger partial charge on any atom is -0.394 e. The number of carbonyl (C=O) groups excluding carboxylic acids is 1. The van der Waals surface area contributed by atoms with E-state index in [9.17, 15) is 40.5 Å². The Hall–Kier alpha value is -1.41. The van der Waals surface area contributed by atoms with Crippen LogP contribution < -0.4 is 5.32 Å². The molecule has 1 amide bonds.